The fraction of sp³-hybridized carbons (Fsp3) is 0.514. The third-order valence-electron chi connectivity index (χ3n) is 8.13. The van der Waals surface area contributed by atoms with Gasteiger partial charge in [0, 0.05) is 44.8 Å². The number of aliphatic hydroxyl groups excluding tert-OH is 1. The molecule has 3 rings (SSSR count). The number of aliphatic hydroxyl groups is 1. The van der Waals surface area contributed by atoms with Gasteiger partial charge in [0.15, 0.2) is 5.89 Å². The number of esters is 2. The highest BCUT2D eigenvalue weighted by Crippen LogP contribution is 2.30. The van der Waals surface area contributed by atoms with Gasteiger partial charge in [-0.2, -0.15) is 0 Å². The molecule has 43 heavy (non-hydrogen) atoms. The Labute approximate surface area is 255 Å². The summed E-state index contributed by atoms with van der Waals surface area (Å²) >= 11 is 0. The number of aryl methyl sites for hydroxylation is 1. The number of ether oxygens (including phenoxy) is 3. The fourth-order valence-corrected chi connectivity index (χ4v) is 5.54. The Balaban J connectivity index is 1.80. The number of rotatable bonds is 7. The first kappa shape index (κ1) is 34.0. The average Bonchev–Trinajstić information content (AvgIpc) is 3.35. The number of hydrogen-bond acceptors (Lipinski definition) is 8. The minimum atomic E-state index is -0.830. The van der Waals surface area contributed by atoms with E-state index in [-0.39, 0.29) is 42.4 Å². The van der Waals surface area contributed by atoms with Gasteiger partial charge < -0.3 is 23.7 Å². The van der Waals surface area contributed by atoms with Gasteiger partial charge in [-0.1, -0.05) is 56.4 Å². The van der Waals surface area contributed by atoms with Gasteiger partial charge in [0.05, 0.1) is 12.2 Å². The number of allylic oxidation sites excluding steroid dienone is 7. The molecule has 3 heterocycles. The highest BCUT2D eigenvalue weighted by molar-refractivity contribution is 5.82. The largest absolute Gasteiger partial charge is 0.462 e. The standard InChI is InChI=1S/C35H47NO7/c1-22(17-29-21-41-27(6)36-29)11-8-14-25(4)35(40-7)26(5)32-20-30(37)23(2)12-9-13-24(3)31-18-28(19-34(39)42-31)15-10-16-33(38)43-32/h8-14,16-17,21,24,26,28,30-32,35,37H,15,18-20H2,1-7H3/b11-8+,13-9-,16-10-,22-17+,23-12+,25-14+/t24-,26+,28+,30-,31+,32-,35-/m0/s1. The smallest absolute Gasteiger partial charge is 0.330 e. The van der Waals surface area contributed by atoms with E-state index in [9.17, 15) is 14.7 Å². The number of hydrogen-bond donors (Lipinski definition) is 1. The van der Waals surface area contributed by atoms with Crippen molar-refractivity contribution in [2.24, 2.45) is 17.8 Å². The van der Waals surface area contributed by atoms with Gasteiger partial charge in [0.1, 0.15) is 24.2 Å². The molecule has 8 nitrogen and oxygen atoms in total. The fourth-order valence-electron chi connectivity index (χ4n) is 5.54. The predicted octanol–water partition coefficient (Wildman–Crippen LogP) is 6.62. The van der Waals surface area contributed by atoms with E-state index in [1.54, 1.807) is 26.4 Å². The maximum Gasteiger partial charge on any atom is 0.330 e. The molecular weight excluding hydrogens is 546 g/mol. The minimum absolute atomic E-state index is 0.0274. The molecule has 0 spiro atoms. The summed E-state index contributed by atoms with van der Waals surface area (Å²) in [5, 5.41) is 11.1. The third-order valence-corrected chi connectivity index (χ3v) is 8.13. The summed E-state index contributed by atoms with van der Waals surface area (Å²) in [4.78, 5) is 29.5. The molecule has 2 bridgehead atoms. The minimum Gasteiger partial charge on any atom is -0.462 e. The van der Waals surface area contributed by atoms with Crippen LogP contribution in [-0.2, 0) is 23.8 Å². The van der Waals surface area contributed by atoms with Crippen molar-refractivity contribution in [1.29, 1.82) is 0 Å². The highest BCUT2D eigenvalue weighted by atomic mass is 16.6. The zero-order chi connectivity index (χ0) is 31.5. The van der Waals surface area contributed by atoms with Crippen molar-refractivity contribution in [3.63, 3.8) is 0 Å². The lowest BCUT2D eigenvalue weighted by atomic mass is 9.86. The Hall–Kier alpha value is -3.49. The van der Waals surface area contributed by atoms with Crippen molar-refractivity contribution >= 4 is 18.0 Å². The number of aromatic nitrogens is 1. The summed E-state index contributed by atoms with van der Waals surface area (Å²) in [5.74, 6) is -0.209. The number of oxazole rings is 1. The first-order valence-electron chi connectivity index (χ1n) is 15.0. The number of carbonyl (C=O) groups is 2. The zero-order valence-corrected chi connectivity index (χ0v) is 26.5. The lowest BCUT2D eigenvalue weighted by Crippen LogP contribution is -2.37. The molecule has 7 atom stereocenters. The Kier molecular flexibility index (Phi) is 13.0. The summed E-state index contributed by atoms with van der Waals surface area (Å²) in [6, 6.07) is 0. The van der Waals surface area contributed by atoms with Crippen LogP contribution in [-0.4, -0.2) is 53.6 Å². The second-order valence-corrected chi connectivity index (χ2v) is 11.8. The van der Waals surface area contributed by atoms with Crippen LogP contribution in [0, 0.1) is 24.7 Å². The first-order valence-corrected chi connectivity index (χ1v) is 15.0. The molecule has 234 valence electrons. The summed E-state index contributed by atoms with van der Waals surface area (Å²) < 4.78 is 22.7. The van der Waals surface area contributed by atoms with Gasteiger partial charge in [0.2, 0.25) is 0 Å². The highest BCUT2D eigenvalue weighted by Gasteiger charge is 2.33. The number of fused-ring (bicyclic) bond motifs is 2. The van der Waals surface area contributed by atoms with Crippen molar-refractivity contribution in [1.82, 2.24) is 4.98 Å². The van der Waals surface area contributed by atoms with Gasteiger partial charge in [-0.05, 0) is 62.3 Å². The molecule has 0 radical (unpaired) electrons. The van der Waals surface area contributed by atoms with Crippen LogP contribution in [0.4, 0.5) is 0 Å². The summed E-state index contributed by atoms with van der Waals surface area (Å²) in [7, 11) is 1.63. The molecule has 1 saturated heterocycles. The third kappa shape index (κ3) is 10.6. The van der Waals surface area contributed by atoms with Crippen LogP contribution in [0.5, 0.6) is 0 Å². The lowest BCUT2D eigenvalue weighted by molar-refractivity contribution is -0.158. The Bertz CT molecular complexity index is 1280. The monoisotopic (exact) mass is 593 g/mol. The van der Waals surface area contributed by atoms with Gasteiger partial charge in [-0.3, -0.25) is 4.79 Å². The van der Waals surface area contributed by atoms with E-state index in [4.69, 9.17) is 18.6 Å². The quantitative estimate of drug-likeness (QED) is 0.278. The van der Waals surface area contributed by atoms with Crippen molar-refractivity contribution < 1.29 is 33.3 Å². The molecule has 1 N–H and O–H groups in total. The van der Waals surface area contributed by atoms with E-state index >= 15 is 0 Å². The normalized spacial score (nSPS) is 30.6. The molecule has 2 aliphatic heterocycles. The van der Waals surface area contributed by atoms with Crippen LogP contribution in [0.2, 0.25) is 0 Å². The second-order valence-electron chi connectivity index (χ2n) is 11.8. The average molecular weight is 594 g/mol. The second kappa shape index (κ2) is 16.4. The van der Waals surface area contributed by atoms with E-state index in [2.05, 4.69) is 4.98 Å². The molecule has 0 aromatic carbocycles. The van der Waals surface area contributed by atoms with Crippen LogP contribution < -0.4 is 0 Å². The van der Waals surface area contributed by atoms with Crippen molar-refractivity contribution in [3.05, 3.63) is 83.2 Å². The topological polar surface area (TPSA) is 108 Å². The first-order chi connectivity index (χ1) is 20.5. The molecule has 8 heteroatoms. The molecule has 0 amide bonds. The van der Waals surface area contributed by atoms with Crippen LogP contribution in [0.3, 0.4) is 0 Å². The molecule has 0 saturated carbocycles. The van der Waals surface area contributed by atoms with Crippen LogP contribution in [0.15, 0.2) is 76.0 Å². The van der Waals surface area contributed by atoms with Gasteiger partial charge in [-0.25, -0.2) is 9.78 Å². The van der Waals surface area contributed by atoms with Crippen LogP contribution >= 0.6 is 0 Å². The molecule has 1 aromatic heterocycles. The number of cyclic esters (lactones) is 1. The van der Waals surface area contributed by atoms with Crippen molar-refractivity contribution in [3.8, 4) is 0 Å². The van der Waals surface area contributed by atoms with Crippen LogP contribution in [0.25, 0.3) is 6.08 Å². The molecular formula is C35H47NO7. The maximum absolute atomic E-state index is 13.0. The number of nitrogens with zero attached hydrogens (tertiary/aromatic N) is 1. The summed E-state index contributed by atoms with van der Waals surface area (Å²) in [6.07, 6.45) is 18.3. The SMILES string of the molecule is CO[C@@H](/C(C)=C/C=C/C(C)=C/c1coc(C)n1)[C@H](C)[C@@H]1C[C@H](O)/C(C)=C/C=C\[C@H](C)[C@H]2C[C@@H](C/C=C\C(=O)O1)CC(=O)O2. The molecule has 1 aromatic rings. The van der Waals surface area contributed by atoms with E-state index in [1.807, 2.05) is 77.2 Å². The predicted molar refractivity (Wildman–Crippen MR) is 167 cm³/mol. The van der Waals surface area contributed by atoms with E-state index in [0.717, 1.165) is 28.8 Å². The Morgan fingerprint density at radius 1 is 1.19 bits per heavy atom. The van der Waals surface area contributed by atoms with Crippen molar-refractivity contribution in [2.75, 3.05) is 7.11 Å². The Morgan fingerprint density at radius 3 is 2.65 bits per heavy atom. The van der Waals surface area contributed by atoms with Gasteiger partial charge in [-0.15, -0.1) is 0 Å². The molecule has 0 unspecified atom stereocenters. The number of carbonyl (C=O) groups excluding carboxylic acids is 2. The van der Waals surface area contributed by atoms with E-state index < -0.39 is 18.2 Å². The maximum atomic E-state index is 13.0. The Morgan fingerprint density at radius 2 is 1.95 bits per heavy atom. The molecule has 2 aliphatic rings. The molecule has 1 fully saturated rings. The van der Waals surface area contributed by atoms with Gasteiger partial charge >= 0.3 is 11.9 Å². The van der Waals surface area contributed by atoms with Gasteiger partial charge in [0.25, 0.3) is 0 Å². The van der Waals surface area contributed by atoms with E-state index in [0.29, 0.717) is 18.7 Å². The summed E-state index contributed by atoms with van der Waals surface area (Å²) in [6.45, 7) is 11.6. The molecule has 0 aliphatic carbocycles. The van der Waals surface area contributed by atoms with Crippen molar-refractivity contribution in [2.45, 2.75) is 91.6 Å². The number of methoxy groups -OCH3 is 1. The lowest BCUT2D eigenvalue weighted by Gasteiger charge is -2.32. The van der Waals surface area contributed by atoms with E-state index in [1.165, 1.54) is 6.08 Å². The zero-order valence-electron chi connectivity index (χ0n) is 26.5. The van der Waals surface area contributed by atoms with Crippen LogP contribution in [0.1, 0.15) is 71.9 Å². The summed E-state index contributed by atoms with van der Waals surface area (Å²) in [5.41, 5.74) is 3.46.